The molecule has 0 aromatic carbocycles. The molecule has 2 nitrogen and oxygen atoms in total. The zero-order chi connectivity index (χ0) is 5.82. The van der Waals surface area contributed by atoms with Crippen LogP contribution in [0.1, 0.15) is 12.8 Å². The quantitative estimate of drug-likeness (QED) is 0.508. The van der Waals surface area contributed by atoms with Gasteiger partial charge >= 0.3 is 0 Å². The molecule has 0 saturated heterocycles. The van der Waals surface area contributed by atoms with Crippen LogP contribution >= 0.6 is 0 Å². The van der Waals surface area contributed by atoms with Crippen LogP contribution in [0.2, 0.25) is 0 Å². The van der Waals surface area contributed by atoms with E-state index in [1.807, 2.05) is 0 Å². The third-order valence-corrected chi connectivity index (χ3v) is 1.09. The summed E-state index contributed by atoms with van der Waals surface area (Å²) in [6.45, 7) is 2.31. The Bertz CT molecular complexity index is 59.5. The molecule has 0 heterocycles. The van der Waals surface area contributed by atoms with E-state index in [2.05, 4.69) is 4.74 Å². The third-order valence-electron chi connectivity index (χ3n) is 1.09. The van der Waals surface area contributed by atoms with Gasteiger partial charge in [0.2, 0.25) is 0 Å². The van der Waals surface area contributed by atoms with Gasteiger partial charge in [-0.2, -0.15) is 0 Å². The molecule has 1 radical (unpaired) electrons. The van der Waals surface area contributed by atoms with Crippen molar-refractivity contribution in [1.29, 1.82) is 0 Å². The second-order valence-electron chi connectivity index (χ2n) is 1.94. The summed E-state index contributed by atoms with van der Waals surface area (Å²) in [4.78, 5) is 0. The van der Waals surface area contributed by atoms with E-state index in [0.29, 0.717) is 12.7 Å². The lowest BCUT2D eigenvalue weighted by atomic mass is 10.7. The van der Waals surface area contributed by atoms with E-state index in [-0.39, 0.29) is 0 Å². The standard InChI is InChI=1S/C6H11O2/c1-7-4-5-8-6-2-3-6/h4,6H,2-3,5H2,1H3. The van der Waals surface area contributed by atoms with Crippen molar-refractivity contribution in [2.24, 2.45) is 0 Å². The van der Waals surface area contributed by atoms with Gasteiger partial charge in [-0.3, -0.25) is 0 Å². The van der Waals surface area contributed by atoms with E-state index in [0.717, 1.165) is 0 Å². The Morgan fingerprint density at radius 3 is 2.88 bits per heavy atom. The topological polar surface area (TPSA) is 18.5 Å². The molecule has 47 valence electrons. The lowest BCUT2D eigenvalue weighted by Gasteiger charge is -1.97. The van der Waals surface area contributed by atoms with Crippen LogP contribution in [0, 0.1) is 6.61 Å². The number of hydrogen-bond acceptors (Lipinski definition) is 2. The van der Waals surface area contributed by atoms with Crippen LogP contribution in [0.15, 0.2) is 0 Å². The summed E-state index contributed by atoms with van der Waals surface area (Å²) in [6, 6.07) is 0. The first-order chi connectivity index (χ1) is 3.93. The molecule has 0 bridgehead atoms. The summed E-state index contributed by atoms with van der Waals surface area (Å²) in [5, 5.41) is 0. The van der Waals surface area contributed by atoms with Gasteiger partial charge in [0.1, 0.15) is 6.61 Å². The van der Waals surface area contributed by atoms with Crippen LogP contribution in [0.5, 0.6) is 0 Å². The molecule has 0 spiro atoms. The highest BCUT2D eigenvalue weighted by molar-refractivity contribution is 4.73. The summed E-state index contributed by atoms with van der Waals surface area (Å²) >= 11 is 0. The van der Waals surface area contributed by atoms with Gasteiger partial charge in [-0.25, -0.2) is 0 Å². The highest BCUT2D eigenvalue weighted by Gasteiger charge is 2.21. The van der Waals surface area contributed by atoms with Crippen LogP contribution in [-0.2, 0) is 9.47 Å². The van der Waals surface area contributed by atoms with E-state index in [1.165, 1.54) is 12.8 Å². The van der Waals surface area contributed by atoms with Crippen molar-refractivity contribution in [3.05, 3.63) is 6.61 Å². The predicted molar refractivity (Wildman–Crippen MR) is 30.3 cm³/mol. The summed E-state index contributed by atoms with van der Waals surface area (Å²) in [6.07, 6.45) is 3.01. The highest BCUT2D eigenvalue weighted by atomic mass is 16.5. The fraction of sp³-hybridized carbons (Fsp3) is 0.833. The maximum Gasteiger partial charge on any atom is 0.109 e. The van der Waals surface area contributed by atoms with Crippen LogP contribution in [0.25, 0.3) is 0 Å². The molecule has 0 aromatic heterocycles. The van der Waals surface area contributed by atoms with E-state index >= 15 is 0 Å². The van der Waals surface area contributed by atoms with Crippen LogP contribution in [0.4, 0.5) is 0 Å². The van der Waals surface area contributed by atoms with Crippen LogP contribution in [0.3, 0.4) is 0 Å². The smallest absolute Gasteiger partial charge is 0.109 e. The Hall–Kier alpha value is -0.0800. The molecule has 1 aliphatic carbocycles. The Morgan fingerprint density at radius 1 is 1.62 bits per heavy atom. The van der Waals surface area contributed by atoms with Crippen molar-refractivity contribution in [2.75, 3.05) is 13.7 Å². The average molecular weight is 115 g/mol. The van der Waals surface area contributed by atoms with Crippen molar-refractivity contribution in [3.63, 3.8) is 0 Å². The van der Waals surface area contributed by atoms with Gasteiger partial charge in [0.15, 0.2) is 0 Å². The normalized spacial score (nSPS) is 19.1. The number of ether oxygens (including phenoxy) is 2. The van der Waals surface area contributed by atoms with Crippen molar-refractivity contribution < 1.29 is 9.47 Å². The van der Waals surface area contributed by atoms with Crippen LogP contribution in [-0.4, -0.2) is 19.8 Å². The molecule has 8 heavy (non-hydrogen) atoms. The minimum absolute atomic E-state index is 0.543. The molecule has 1 aliphatic rings. The molecule has 1 saturated carbocycles. The second kappa shape index (κ2) is 3.05. The molecule has 1 rings (SSSR count). The number of rotatable bonds is 4. The summed E-state index contributed by atoms with van der Waals surface area (Å²) in [5.41, 5.74) is 0. The molecule has 1 fully saturated rings. The summed E-state index contributed by atoms with van der Waals surface area (Å²) in [7, 11) is 1.64. The predicted octanol–water partition coefficient (Wildman–Crippen LogP) is 0.974. The lowest BCUT2D eigenvalue weighted by molar-refractivity contribution is 0.0966. The maximum atomic E-state index is 5.21. The largest absolute Gasteiger partial charge is 0.376 e. The molecule has 2 heteroatoms. The zero-order valence-electron chi connectivity index (χ0n) is 5.09. The molecular weight excluding hydrogens is 104 g/mol. The van der Waals surface area contributed by atoms with Gasteiger partial charge in [-0.05, 0) is 12.8 Å². The highest BCUT2D eigenvalue weighted by Crippen LogP contribution is 2.23. The fourth-order valence-corrected chi connectivity index (χ4v) is 0.478. The van der Waals surface area contributed by atoms with Gasteiger partial charge < -0.3 is 9.47 Å². The van der Waals surface area contributed by atoms with Gasteiger partial charge in [0.05, 0.1) is 12.7 Å². The summed E-state index contributed by atoms with van der Waals surface area (Å²) < 4.78 is 9.88. The van der Waals surface area contributed by atoms with Gasteiger partial charge in [-0.15, -0.1) is 0 Å². The number of methoxy groups -OCH3 is 1. The lowest BCUT2D eigenvalue weighted by Crippen LogP contribution is -1.97. The molecule has 0 aliphatic heterocycles. The minimum atomic E-state index is 0.543. The van der Waals surface area contributed by atoms with Gasteiger partial charge in [-0.1, -0.05) is 0 Å². The first kappa shape index (κ1) is 6.05. The van der Waals surface area contributed by atoms with E-state index in [1.54, 1.807) is 13.7 Å². The second-order valence-corrected chi connectivity index (χ2v) is 1.94. The zero-order valence-corrected chi connectivity index (χ0v) is 5.09. The molecule has 0 unspecified atom stereocenters. The summed E-state index contributed by atoms with van der Waals surface area (Å²) in [5.74, 6) is 0. The van der Waals surface area contributed by atoms with Crippen molar-refractivity contribution in [1.82, 2.24) is 0 Å². The monoisotopic (exact) mass is 115 g/mol. The molecular formula is C6H11O2. The SMILES string of the molecule is CO[CH]COC1CC1. The van der Waals surface area contributed by atoms with Crippen molar-refractivity contribution >= 4 is 0 Å². The van der Waals surface area contributed by atoms with Crippen LogP contribution < -0.4 is 0 Å². The fourth-order valence-electron chi connectivity index (χ4n) is 0.478. The number of hydrogen-bond donors (Lipinski definition) is 0. The van der Waals surface area contributed by atoms with E-state index in [9.17, 15) is 0 Å². The Kier molecular flexibility index (Phi) is 2.30. The first-order valence-corrected chi connectivity index (χ1v) is 2.89. The maximum absolute atomic E-state index is 5.21. The molecule has 0 amide bonds. The van der Waals surface area contributed by atoms with Crippen molar-refractivity contribution in [2.45, 2.75) is 18.9 Å². The Labute approximate surface area is 49.8 Å². The molecule has 0 atom stereocenters. The first-order valence-electron chi connectivity index (χ1n) is 2.89. The Balaban J connectivity index is 1.74. The van der Waals surface area contributed by atoms with Crippen molar-refractivity contribution in [3.8, 4) is 0 Å². The minimum Gasteiger partial charge on any atom is -0.376 e. The van der Waals surface area contributed by atoms with E-state index < -0.39 is 0 Å². The van der Waals surface area contributed by atoms with Gasteiger partial charge in [0, 0.05) is 7.11 Å². The van der Waals surface area contributed by atoms with Gasteiger partial charge in [0.25, 0.3) is 0 Å². The average Bonchev–Trinajstić information content (AvgIpc) is 2.51. The molecule has 0 aromatic rings. The van der Waals surface area contributed by atoms with E-state index in [4.69, 9.17) is 4.74 Å². The Morgan fingerprint density at radius 2 is 2.38 bits per heavy atom. The molecule has 0 N–H and O–H groups in total. The third kappa shape index (κ3) is 2.28.